The summed E-state index contributed by atoms with van der Waals surface area (Å²) in [5.41, 5.74) is 6.64. The maximum absolute atomic E-state index is 6.26. The van der Waals surface area contributed by atoms with Gasteiger partial charge in [-0.25, -0.2) is 0 Å². The molecule has 0 saturated carbocycles. The first-order valence-electron chi connectivity index (χ1n) is 11.3. The zero-order valence-electron chi connectivity index (χ0n) is 18.0. The Morgan fingerprint density at radius 1 is 0.394 bits per heavy atom. The van der Waals surface area contributed by atoms with Crippen LogP contribution in [0.15, 0.2) is 126 Å². The van der Waals surface area contributed by atoms with Gasteiger partial charge in [0.15, 0.2) is 0 Å². The molecule has 7 rings (SSSR count). The smallest absolute Gasteiger partial charge is 0.143 e. The van der Waals surface area contributed by atoms with E-state index >= 15 is 0 Å². The highest BCUT2D eigenvalue weighted by Crippen LogP contribution is 2.38. The number of rotatable bonds is 2. The molecule has 1 nitrogen and oxygen atoms in total. The number of furan rings is 1. The van der Waals surface area contributed by atoms with E-state index < -0.39 is 0 Å². The number of benzene rings is 6. The fourth-order valence-corrected chi connectivity index (χ4v) is 5.10. The van der Waals surface area contributed by atoms with E-state index in [1.165, 1.54) is 32.7 Å². The molecule has 6 aromatic carbocycles. The number of para-hydroxylation sites is 2. The van der Waals surface area contributed by atoms with E-state index in [1.54, 1.807) is 0 Å². The van der Waals surface area contributed by atoms with Gasteiger partial charge in [-0.1, -0.05) is 109 Å². The molecule has 0 saturated heterocycles. The van der Waals surface area contributed by atoms with E-state index in [2.05, 4.69) is 109 Å². The van der Waals surface area contributed by atoms with Gasteiger partial charge >= 0.3 is 0 Å². The monoisotopic (exact) mass is 420 g/mol. The summed E-state index contributed by atoms with van der Waals surface area (Å²) in [5.74, 6) is 0. The molecule has 0 aliphatic rings. The van der Waals surface area contributed by atoms with Gasteiger partial charge in [-0.15, -0.1) is 0 Å². The molecular formula is C32H20O. The largest absolute Gasteiger partial charge is 0.455 e. The fraction of sp³-hybridized carbons (Fsp3) is 0. The van der Waals surface area contributed by atoms with Gasteiger partial charge in [0.25, 0.3) is 0 Å². The molecule has 0 fully saturated rings. The van der Waals surface area contributed by atoms with Gasteiger partial charge in [0, 0.05) is 16.3 Å². The lowest BCUT2D eigenvalue weighted by molar-refractivity contribution is 0.670. The Morgan fingerprint density at radius 2 is 1.00 bits per heavy atom. The molecule has 0 N–H and O–H groups in total. The van der Waals surface area contributed by atoms with Crippen LogP contribution in [-0.2, 0) is 0 Å². The van der Waals surface area contributed by atoms with Crippen LogP contribution in [0.5, 0.6) is 0 Å². The third-order valence-electron chi connectivity index (χ3n) is 6.68. The normalized spacial score (nSPS) is 11.6. The van der Waals surface area contributed by atoms with Crippen molar-refractivity contribution >= 4 is 43.5 Å². The van der Waals surface area contributed by atoms with Crippen molar-refractivity contribution in [3.8, 4) is 22.3 Å². The first-order chi connectivity index (χ1) is 16.4. The van der Waals surface area contributed by atoms with Crippen LogP contribution in [0, 0.1) is 0 Å². The fourth-order valence-electron chi connectivity index (χ4n) is 5.10. The third-order valence-corrected chi connectivity index (χ3v) is 6.68. The molecule has 1 heterocycles. The summed E-state index contributed by atoms with van der Waals surface area (Å²) in [7, 11) is 0. The molecule has 0 amide bonds. The van der Waals surface area contributed by atoms with Crippen molar-refractivity contribution in [2.75, 3.05) is 0 Å². The standard InChI is InChI=1S/C32H20O/c1-2-9-24-23(8-1)20-30(27-11-4-3-10-26(24)27)22-18-16-21(17-19-22)25-13-7-14-29-28-12-5-6-15-31(28)33-32(25)29/h1-20H. The summed E-state index contributed by atoms with van der Waals surface area (Å²) in [6.07, 6.45) is 0. The quantitative estimate of drug-likeness (QED) is 0.254. The van der Waals surface area contributed by atoms with E-state index in [-0.39, 0.29) is 0 Å². The third kappa shape index (κ3) is 2.79. The zero-order chi connectivity index (χ0) is 21.8. The molecule has 1 heteroatoms. The molecule has 0 atom stereocenters. The highest BCUT2D eigenvalue weighted by atomic mass is 16.3. The van der Waals surface area contributed by atoms with Crippen molar-refractivity contribution < 1.29 is 4.42 Å². The molecule has 1 aromatic heterocycles. The Morgan fingerprint density at radius 3 is 1.82 bits per heavy atom. The Labute approximate surface area is 191 Å². The van der Waals surface area contributed by atoms with E-state index in [1.807, 2.05) is 12.1 Å². The second-order valence-electron chi connectivity index (χ2n) is 8.55. The lowest BCUT2D eigenvalue weighted by atomic mass is 9.92. The Bertz CT molecular complexity index is 1800. The lowest BCUT2D eigenvalue weighted by Crippen LogP contribution is -1.85. The highest BCUT2D eigenvalue weighted by molar-refractivity contribution is 6.14. The molecule has 0 bridgehead atoms. The molecule has 0 radical (unpaired) electrons. The minimum absolute atomic E-state index is 0.930. The molecule has 154 valence electrons. The van der Waals surface area contributed by atoms with E-state index in [4.69, 9.17) is 4.42 Å². The van der Waals surface area contributed by atoms with Crippen molar-refractivity contribution in [2.45, 2.75) is 0 Å². The first-order valence-corrected chi connectivity index (χ1v) is 11.3. The van der Waals surface area contributed by atoms with Crippen LogP contribution < -0.4 is 0 Å². The maximum Gasteiger partial charge on any atom is 0.143 e. The van der Waals surface area contributed by atoms with Crippen molar-refractivity contribution in [3.63, 3.8) is 0 Å². The van der Waals surface area contributed by atoms with E-state index in [9.17, 15) is 0 Å². The van der Waals surface area contributed by atoms with Gasteiger partial charge in [-0.3, -0.25) is 0 Å². The Kier molecular flexibility index (Phi) is 3.91. The Balaban J connectivity index is 1.40. The average molecular weight is 421 g/mol. The van der Waals surface area contributed by atoms with E-state index in [0.717, 1.165) is 33.1 Å². The summed E-state index contributed by atoms with van der Waals surface area (Å²) in [4.78, 5) is 0. The van der Waals surface area contributed by atoms with Gasteiger partial charge in [-0.05, 0) is 50.4 Å². The van der Waals surface area contributed by atoms with Crippen LogP contribution in [-0.4, -0.2) is 0 Å². The van der Waals surface area contributed by atoms with Crippen LogP contribution in [0.3, 0.4) is 0 Å². The van der Waals surface area contributed by atoms with Gasteiger partial charge in [0.1, 0.15) is 11.2 Å². The summed E-state index contributed by atoms with van der Waals surface area (Å²) >= 11 is 0. The topological polar surface area (TPSA) is 13.1 Å². The Hall–Kier alpha value is -4.36. The maximum atomic E-state index is 6.26. The molecule has 0 unspecified atom stereocenters. The molecular weight excluding hydrogens is 400 g/mol. The molecule has 0 spiro atoms. The summed E-state index contributed by atoms with van der Waals surface area (Å²) in [5, 5.41) is 7.46. The van der Waals surface area contributed by atoms with Crippen LogP contribution in [0.2, 0.25) is 0 Å². The number of hydrogen-bond donors (Lipinski definition) is 0. The van der Waals surface area contributed by atoms with Crippen LogP contribution in [0.1, 0.15) is 0 Å². The van der Waals surface area contributed by atoms with Gasteiger partial charge < -0.3 is 4.42 Å². The minimum Gasteiger partial charge on any atom is -0.455 e. The van der Waals surface area contributed by atoms with Crippen molar-refractivity contribution in [2.24, 2.45) is 0 Å². The first kappa shape index (κ1) is 18.2. The molecule has 33 heavy (non-hydrogen) atoms. The second kappa shape index (κ2) is 7.08. The van der Waals surface area contributed by atoms with Crippen molar-refractivity contribution in [1.82, 2.24) is 0 Å². The van der Waals surface area contributed by atoms with E-state index in [0.29, 0.717) is 0 Å². The average Bonchev–Trinajstić information content (AvgIpc) is 3.27. The predicted molar refractivity (Wildman–Crippen MR) is 140 cm³/mol. The summed E-state index contributed by atoms with van der Waals surface area (Å²) < 4.78 is 6.26. The van der Waals surface area contributed by atoms with Crippen LogP contribution in [0.4, 0.5) is 0 Å². The lowest BCUT2D eigenvalue weighted by Gasteiger charge is -2.12. The molecule has 0 aliphatic heterocycles. The van der Waals surface area contributed by atoms with Crippen LogP contribution >= 0.6 is 0 Å². The SMILES string of the molecule is c1ccc2c(c1)cc(-c1ccc(-c3cccc4c3oc3ccccc34)cc1)c1ccccc12. The number of hydrogen-bond acceptors (Lipinski definition) is 1. The molecule has 7 aromatic rings. The summed E-state index contributed by atoms with van der Waals surface area (Å²) in [6.45, 7) is 0. The molecule has 0 aliphatic carbocycles. The van der Waals surface area contributed by atoms with Crippen LogP contribution in [0.25, 0.3) is 65.7 Å². The highest BCUT2D eigenvalue weighted by Gasteiger charge is 2.13. The number of fused-ring (bicyclic) bond motifs is 6. The van der Waals surface area contributed by atoms with Gasteiger partial charge in [0.05, 0.1) is 0 Å². The predicted octanol–water partition coefficient (Wildman–Crippen LogP) is 9.23. The van der Waals surface area contributed by atoms with Crippen molar-refractivity contribution in [3.05, 3.63) is 121 Å². The van der Waals surface area contributed by atoms with Gasteiger partial charge in [-0.2, -0.15) is 0 Å². The van der Waals surface area contributed by atoms with Crippen molar-refractivity contribution in [1.29, 1.82) is 0 Å². The summed E-state index contributed by atoms with van der Waals surface area (Å²) in [6, 6.07) is 43.1. The zero-order valence-corrected chi connectivity index (χ0v) is 18.0. The van der Waals surface area contributed by atoms with Gasteiger partial charge in [0.2, 0.25) is 0 Å². The minimum atomic E-state index is 0.930. The second-order valence-corrected chi connectivity index (χ2v) is 8.55.